The first-order valence-electron chi connectivity index (χ1n) is 5.02. The summed E-state index contributed by atoms with van der Waals surface area (Å²) >= 11 is 0. The fourth-order valence-electron chi connectivity index (χ4n) is 1.47. The topological polar surface area (TPSA) is 52.8 Å². The maximum atomic E-state index is 5.04. The van der Waals surface area contributed by atoms with Gasteiger partial charge in [0, 0.05) is 31.6 Å². The Morgan fingerprint density at radius 2 is 2.12 bits per heavy atom. The molecule has 0 N–H and O–H groups in total. The molecule has 0 saturated heterocycles. The van der Waals surface area contributed by atoms with E-state index in [9.17, 15) is 0 Å². The second kappa shape index (κ2) is 4.40. The fourth-order valence-corrected chi connectivity index (χ4v) is 1.47. The highest BCUT2D eigenvalue weighted by atomic mass is 16.5. The van der Waals surface area contributed by atoms with Crippen LogP contribution in [0.2, 0.25) is 0 Å². The fraction of sp³-hybridized carbons (Fsp3) is 0.364. The molecule has 0 aliphatic heterocycles. The predicted molar refractivity (Wildman–Crippen MR) is 59.7 cm³/mol. The molecule has 0 saturated carbocycles. The lowest BCUT2D eigenvalue weighted by molar-refractivity contribution is 0.175. The van der Waals surface area contributed by atoms with E-state index in [0.717, 1.165) is 22.9 Å². The number of pyridine rings is 1. The number of aromatic nitrogens is 4. The van der Waals surface area contributed by atoms with E-state index in [2.05, 4.69) is 15.2 Å². The van der Waals surface area contributed by atoms with Gasteiger partial charge in [0.2, 0.25) is 0 Å². The molecule has 2 aromatic rings. The van der Waals surface area contributed by atoms with Crippen molar-refractivity contribution in [2.45, 2.75) is 13.5 Å². The molecule has 0 amide bonds. The van der Waals surface area contributed by atoms with Crippen molar-refractivity contribution in [1.82, 2.24) is 19.7 Å². The summed E-state index contributed by atoms with van der Waals surface area (Å²) in [6.45, 7) is 2.42. The monoisotopic (exact) mass is 218 g/mol. The van der Waals surface area contributed by atoms with Gasteiger partial charge in [0.15, 0.2) is 11.6 Å². The lowest BCUT2D eigenvalue weighted by atomic mass is 10.2. The van der Waals surface area contributed by atoms with Crippen molar-refractivity contribution in [2.24, 2.45) is 7.05 Å². The number of hydrogen-bond donors (Lipinski definition) is 0. The number of nitrogens with zero attached hydrogens (tertiary/aromatic N) is 4. The summed E-state index contributed by atoms with van der Waals surface area (Å²) in [6, 6.07) is 3.95. The Hall–Kier alpha value is -1.75. The van der Waals surface area contributed by atoms with Crippen LogP contribution in [0.5, 0.6) is 0 Å². The molecule has 16 heavy (non-hydrogen) atoms. The van der Waals surface area contributed by atoms with Crippen LogP contribution in [0.3, 0.4) is 0 Å². The third-order valence-corrected chi connectivity index (χ3v) is 2.41. The van der Waals surface area contributed by atoms with E-state index < -0.39 is 0 Å². The SMILES string of the molecule is COCc1nnc(-c2ccc(C)nc2)n1C. The number of hydrogen-bond acceptors (Lipinski definition) is 4. The van der Waals surface area contributed by atoms with E-state index in [1.807, 2.05) is 30.7 Å². The van der Waals surface area contributed by atoms with Crippen molar-refractivity contribution in [2.75, 3.05) is 7.11 Å². The maximum Gasteiger partial charge on any atom is 0.165 e. The van der Waals surface area contributed by atoms with Crippen LogP contribution in [-0.2, 0) is 18.4 Å². The summed E-state index contributed by atoms with van der Waals surface area (Å²) < 4.78 is 6.95. The molecule has 0 aliphatic carbocycles. The molecule has 0 fully saturated rings. The number of ether oxygens (including phenoxy) is 1. The van der Waals surface area contributed by atoms with Crippen molar-refractivity contribution in [3.05, 3.63) is 29.8 Å². The zero-order valence-corrected chi connectivity index (χ0v) is 9.64. The average Bonchev–Trinajstić information content (AvgIpc) is 2.63. The highest BCUT2D eigenvalue weighted by Gasteiger charge is 2.10. The molecule has 2 heterocycles. The van der Waals surface area contributed by atoms with Gasteiger partial charge in [0.25, 0.3) is 0 Å². The molecule has 2 aromatic heterocycles. The molecule has 84 valence electrons. The van der Waals surface area contributed by atoms with E-state index in [1.165, 1.54) is 0 Å². The summed E-state index contributed by atoms with van der Waals surface area (Å²) in [5.74, 6) is 1.61. The second-order valence-electron chi connectivity index (χ2n) is 3.62. The molecule has 5 nitrogen and oxygen atoms in total. The normalized spacial score (nSPS) is 10.7. The Bertz CT molecular complexity index is 475. The van der Waals surface area contributed by atoms with Crippen molar-refractivity contribution < 1.29 is 4.74 Å². The highest BCUT2D eigenvalue weighted by Crippen LogP contribution is 2.16. The van der Waals surface area contributed by atoms with E-state index in [1.54, 1.807) is 13.3 Å². The van der Waals surface area contributed by atoms with Crippen LogP contribution in [-0.4, -0.2) is 26.9 Å². The van der Waals surface area contributed by atoms with Gasteiger partial charge in [-0.25, -0.2) is 0 Å². The van der Waals surface area contributed by atoms with Crippen molar-refractivity contribution >= 4 is 0 Å². The van der Waals surface area contributed by atoms with Crippen LogP contribution < -0.4 is 0 Å². The minimum atomic E-state index is 0.461. The van der Waals surface area contributed by atoms with Gasteiger partial charge in [-0.1, -0.05) is 0 Å². The Morgan fingerprint density at radius 3 is 2.75 bits per heavy atom. The van der Waals surface area contributed by atoms with Crippen molar-refractivity contribution in [1.29, 1.82) is 0 Å². The van der Waals surface area contributed by atoms with E-state index >= 15 is 0 Å². The number of methoxy groups -OCH3 is 1. The lowest BCUT2D eigenvalue weighted by Gasteiger charge is -2.03. The standard InChI is InChI=1S/C11H14N4O/c1-8-4-5-9(6-12-8)11-14-13-10(7-16-3)15(11)2/h4-6H,7H2,1-3H3. The first kappa shape index (κ1) is 10.8. The Morgan fingerprint density at radius 1 is 1.31 bits per heavy atom. The van der Waals surface area contributed by atoms with Crippen LogP contribution in [0.1, 0.15) is 11.5 Å². The molecule has 0 atom stereocenters. The minimum Gasteiger partial charge on any atom is -0.377 e. The zero-order chi connectivity index (χ0) is 11.5. The van der Waals surface area contributed by atoms with Gasteiger partial charge in [-0.3, -0.25) is 4.98 Å². The van der Waals surface area contributed by atoms with Gasteiger partial charge in [-0.15, -0.1) is 10.2 Å². The summed E-state index contributed by atoms with van der Waals surface area (Å²) in [5, 5.41) is 8.19. The zero-order valence-electron chi connectivity index (χ0n) is 9.64. The summed E-state index contributed by atoms with van der Waals surface area (Å²) in [5.41, 5.74) is 1.95. The maximum absolute atomic E-state index is 5.04. The third kappa shape index (κ3) is 1.94. The second-order valence-corrected chi connectivity index (χ2v) is 3.62. The van der Waals surface area contributed by atoms with Gasteiger partial charge in [-0.2, -0.15) is 0 Å². The summed E-state index contributed by atoms with van der Waals surface area (Å²) in [6.07, 6.45) is 1.80. The van der Waals surface area contributed by atoms with Crippen LogP contribution in [0.15, 0.2) is 18.3 Å². The molecule has 0 aliphatic rings. The molecule has 0 unspecified atom stereocenters. The largest absolute Gasteiger partial charge is 0.377 e. The van der Waals surface area contributed by atoms with Gasteiger partial charge in [0.1, 0.15) is 6.61 Å². The van der Waals surface area contributed by atoms with Gasteiger partial charge in [-0.05, 0) is 19.1 Å². The third-order valence-electron chi connectivity index (χ3n) is 2.41. The Labute approximate surface area is 94.1 Å². The van der Waals surface area contributed by atoms with Crippen LogP contribution in [0.25, 0.3) is 11.4 Å². The molecule has 2 rings (SSSR count). The Balaban J connectivity index is 2.37. The Kier molecular flexibility index (Phi) is 2.96. The lowest BCUT2D eigenvalue weighted by Crippen LogP contribution is -2.01. The quantitative estimate of drug-likeness (QED) is 0.780. The van der Waals surface area contributed by atoms with E-state index in [0.29, 0.717) is 6.61 Å². The number of rotatable bonds is 3. The van der Waals surface area contributed by atoms with Crippen molar-refractivity contribution in [3.63, 3.8) is 0 Å². The van der Waals surface area contributed by atoms with Crippen LogP contribution in [0, 0.1) is 6.92 Å². The molecular formula is C11H14N4O. The van der Waals surface area contributed by atoms with Gasteiger partial charge >= 0.3 is 0 Å². The smallest absolute Gasteiger partial charge is 0.165 e. The molecule has 0 bridgehead atoms. The molecule has 5 heteroatoms. The molecule has 0 aromatic carbocycles. The summed E-state index contributed by atoms with van der Waals surface area (Å²) in [7, 11) is 3.56. The highest BCUT2D eigenvalue weighted by molar-refractivity contribution is 5.53. The first-order valence-corrected chi connectivity index (χ1v) is 5.02. The predicted octanol–water partition coefficient (Wildman–Crippen LogP) is 1.33. The number of aryl methyl sites for hydroxylation is 1. The van der Waals surface area contributed by atoms with E-state index in [-0.39, 0.29) is 0 Å². The van der Waals surface area contributed by atoms with Gasteiger partial charge in [0.05, 0.1) is 0 Å². The van der Waals surface area contributed by atoms with E-state index in [4.69, 9.17) is 4.74 Å². The average molecular weight is 218 g/mol. The van der Waals surface area contributed by atoms with Gasteiger partial charge < -0.3 is 9.30 Å². The molecule has 0 radical (unpaired) electrons. The van der Waals surface area contributed by atoms with Crippen LogP contribution in [0.4, 0.5) is 0 Å². The molecular weight excluding hydrogens is 204 g/mol. The summed E-state index contributed by atoms with van der Waals surface area (Å²) in [4.78, 5) is 4.24. The molecule has 0 spiro atoms. The first-order chi connectivity index (χ1) is 7.72. The van der Waals surface area contributed by atoms with Crippen molar-refractivity contribution in [3.8, 4) is 11.4 Å². The van der Waals surface area contributed by atoms with Crippen LogP contribution >= 0.6 is 0 Å². The minimum absolute atomic E-state index is 0.461.